The lowest BCUT2D eigenvalue weighted by Crippen LogP contribution is -2.31. The molecule has 7 nitrogen and oxygen atoms in total. The number of carbonyl (C=O) groups is 1. The normalized spacial score (nSPS) is 10.6. The van der Waals surface area contributed by atoms with Crippen LogP contribution in [0.5, 0.6) is 11.6 Å². The van der Waals surface area contributed by atoms with Crippen LogP contribution in [0.1, 0.15) is 10.4 Å². The number of anilines is 2. The number of aromatic nitrogens is 1. The van der Waals surface area contributed by atoms with Gasteiger partial charge in [0, 0.05) is 24.8 Å². The molecule has 33 heavy (non-hydrogen) atoms. The van der Waals surface area contributed by atoms with Gasteiger partial charge in [0.15, 0.2) is 0 Å². The van der Waals surface area contributed by atoms with Gasteiger partial charge in [0.25, 0.3) is 0 Å². The average Bonchev–Trinajstić information content (AvgIpc) is 3.15. The summed E-state index contributed by atoms with van der Waals surface area (Å²) in [6.07, 6.45) is 0.476. The van der Waals surface area contributed by atoms with Crippen LogP contribution in [0.3, 0.4) is 0 Å². The number of H-pyrrole nitrogens is 1. The molecule has 0 unspecified atom stereocenters. The van der Waals surface area contributed by atoms with Crippen LogP contribution in [0.2, 0.25) is 0 Å². The Morgan fingerprint density at radius 2 is 1.79 bits per heavy atom. The maximum absolute atomic E-state index is 12.7. The van der Waals surface area contributed by atoms with Crippen molar-refractivity contribution < 1.29 is 14.6 Å². The zero-order chi connectivity index (χ0) is 23.4. The van der Waals surface area contributed by atoms with Crippen molar-refractivity contribution in [3.8, 4) is 22.8 Å². The molecule has 0 aliphatic rings. The van der Waals surface area contributed by atoms with Gasteiger partial charge in [0.05, 0.1) is 12.0 Å². The molecule has 4 aromatic rings. The predicted molar refractivity (Wildman–Crippen MR) is 132 cm³/mol. The van der Waals surface area contributed by atoms with Gasteiger partial charge in [-0.1, -0.05) is 47.7 Å². The molecular formula is C25H23N3O4S. The number of nitrogens with zero attached hydrogens (tertiary/aromatic N) is 1. The van der Waals surface area contributed by atoms with Gasteiger partial charge in [0.2, 0.25) is 5.88 Å². The Kier molecular flexibility index (Phi) is 6.46. The number of nitrogens with one attached hydrogen (secondary N) is 2. The third-order valence-corrected chi connectivity index (χ3v) is 6.10. The zero-order valence-corrected chi connectivity index (χ0v) is 19.0. The number of methoxy groups -OCH3 is 1. The van der Waals surface area contributed by atoms with Gasteiger partial charge >= 0.3 is 10.9 Å². The number of rotatable bonds is 6. The van der Waals surface area contributed by atoms with Gasteiger partial charge in [-0.15, -0.1) is 0 Å². The number of hydrogen-bond donors (Lipinski definition) is 3. The third-order valence-electron chi connectivity index (χ3n) is 5.23. The molecule has 0 saturated carbocycles. The number of aromatic amines is 1. The van der Waals surface area contributed by atoms with E-state index in [1.807, 2.05) is 48.5 Å². The maximum Gasteiger partial charge on any atom is 0.326 e. The molecule has 0 bridgehead atoms. The van der Waals surface area contributed by atoms with Crippen molar-refractivity contribution in [1.82, 2.24) is 4.98 Å². The number of urea groups is 1. The summed E-state index contributed by atoms with van der Waals surface area (Å²) in [6.45, 7) is 0. The minimum atomic E-state index is -0.268. The van der Waals surface area contributed by atoms with Crippen LogP contribution < -0.4 is 19.8 Å². The van der Waals surface area contributed by atoms with Gasteiger partial charge in [-0.25, -0.2) is 4.79 Å². The smallest absolute Gasteiger partial charge is 0.326 e. The lowest BCUT2D eigenvalue weighted by atomic mass is 10.0. The number of hydrogen-bond acceptors (Lipinski definition) is 5. The SMILES string of the molecule is COc1ccc(NC(=O)N(C)c2cccc(-c3ccc(Cc4sc(=O)[nH]c4O)cc3)c2)cc1. The van der Waals surface area contributed by atoms with E-state index in [-0.39, 0.29) is 16.8 Å². The fourth-order valence-corrected chi connectivity index (χ4v) is 4.12. The van der Waals surface area contributed by atoms with Gasteiger partial charge in [-0.3, -0.25) is 14.7 Å². The summed E-state index contributed by atoms with van der Waals surface area (Å²) in [4.78, 5) is 28.4. The van der Waals surface area contributed by atoms with Crippen molar-refractivity contribution in [3.05, 3.63) is 92.9 Å². The van der Waals surface area contributed by atoms with E-state index in [9.17, 15) is 14.7 Å². The molecule has 0 radical (unpaired) electrons. The first kappa shape index (κ1) is 22.2. The lowest BCUT2D eigenvalue weighted by molar-refractivity contribution is 0.258. The standard InChI is InChI=1S/C25H23N3O4S/c1-28(24(30)26-19-10-12-21(32-2)13-11-19)20-5-3-4-18(15-20)17-8-6-16(7-9-17)14-22-23(29)27-25(31)33-22/h3-13,15,29H,14H2,1-2H3,(H,26,30)(H,27,31). The quantitative estimate of drug-likeness (QED) is 0.373. The molecule has 2 amide bonds. The van der Waals surface area contributed by atoms with E-state index in [1.165, 1.54) is 0 Å². The van der Waals surface area contributed by atoms with E-state index in [1.54, 1.807) is 43.3 Å². The highest BCUT2D eigenvalue weighted by Crippen LogP contribution is 2.27. The van der Waals surface area contributed by atoms with Gasteiger partial charge in [0.1, 0.15) is 5.75 Å². The molecule has 4 rings (SSSR count). The Morgan fingerprint density at radius 3 is 2.42 bits per heavy atom. The molecule has 0 aliphatic heterocycles. The monoisotopic (exact) mass is 461 g/mol. The number of ether oxygens (including phenoxy) is 1. The average molecular weight is 462 g/mol. The molecule has 1 aromatic heterocycles. The van der Waals surface area contributed by atoms with E-state index in [4.69, 9.17) is 4.74 Å². The van der Waals surface area contributed by atoms with Crippen molar-refractivity contribution in [2.45, 2.75) is 6.42 Å². The summed E-state index contributed by atoms with van der Waals surface area (Å²) in [6, 6.07) is 22.5. The number of amides is 2. The van der Waals surface area contributed by atoms with Crippen LogP contribution in [0.15, 0.2) is 77.6 Å². The van der Waals surface area contributed by atoms with E-state index in [0.717, 1.165) is 39.5 Å². The Bertz CT molecular complexity index is 1310. The molecule has 0 saturated heterocycles. The van der Waals surface area contributed by atoms with E-state index >= 15 is 0 Å². The highest BCUT2D eigenvalue weighted by molar-refractivity contribution is 7.09. The molecule has 0 aliphatic carbocycles. The first-order valence-electron chi connectivity index (χ1n) is 10.2. The van der Waals surface area contributed by atoms with E-state index in [0.29, 0.717) is 17.0 Å². The first-order valence-corrected chi connectivity index (χ1v) is 11.0. The molecule has 0 atom stereocenters. The van der Waals surface area contributed by atoms with Crippen molar-refractivity contribution in [2.24, 2.45) is 0 Å². The second-order valence-corrected chi connectivity index (χ2v) is 8.50. The highest BCUT2D eigenvalue weighted by atomic mass is 32.1. The topological polar surface area (TPSA) is 94.7 Å². The summed E-state index contributed by atoms with van der Waals surface area (Å²) in [7, 11) is 3.31. The van der Waals surface area contributed by atoms with Crippen LogP contribution in [0.4, 0.5) is 16.2 Å². The molecule has 0 spiro atoms. The van der Waals surface area contributed by atoms with Crippen molar-refractivity contribution in [3.63, 3.8) is 0 Å². The maximum atomic E-state index is 12.7. The van der Waals surface area contributed by atoms with Crippen molar-refractivity contribution in [1.29, 1.82) is 0 Å². The summed E-state index contributed by atoms with van der Waals surface area (Å²) in [5.41, 5.74) is 4.38. The molecular weight excluding hydrogens is 438 g/mol. The highest BCUT2D eigenvalue weighted by Gasteiger charge is 2.13. The Labute approximate surface area is 194 Å². The second-order valence-electron chi connectivity index (χ2n) is 7.43. The predicted octanol–water partition coefficient (Wildman–Crippen LogP) is 5.08. The first-order chi connectivity index (χ1) is 15.9. The van der Waals surface area contributed by atoms with Crippen LogP contribution in [0, 0.1) is 0 Å². The third kappa shape index (κ3) is 5.24. The van der Waals surface area contributed by atoms with Crippen molar-refractivity contribution in [2.75, 3.05) is 24.4 Å². The summed E-state index contributed by atoms with van der Waals surface area (Å²) < 4.78 is 5.14. The largest absolute Gasteiger partial charge is 0.497 e. The minimum Gasteiger partial charge on any atom is -0.497 e. The van der Waals surface area contributed by atoms with Crippen LogP contribution in [-0.2, 0) is 6.42 Å². The summed E-state index contributed by atoms with van der Waals surface area (Å²) in [5.74, 6) is 0.651. The van der Waals surface area contributed by atoms with Gasteiger partial charge < -0.3 is 15.2 Å². The van der Waals surface area contributed by atoms with Gasteiger partial charge in [-0.2, -0.15) is 0 Å². The lowest BCUT2D eigenvalue weighted by Gasteiger charge is -2.19. The summed E-state index contributed by atoms with van der Waals surface area (Å²) >= 11 is 1.01. The van der Waals surface area contributed by atoms with Gasteiger partial charge in [-0.05, 0) is 53.1 Å². The molecule has 0 fully saturated rings. The molecule has 8 heteroatoms. The second kappa shape index (κ2) is 9.62. The van der Waals surface area contributed by atoms with Crippen LogP contribution in [0.25, 0.3) is 11.1 Å². The molecule has 168 valence electrons. The number of aromatic hydroxyl groups is 1. The number of thiazole rings is 1. The Balaban J connectivity index is 1.46. The fraction of sp³-hybridized carbons (Fsp3) is 0.120. The Hall–Kier alpha value is -4.04. The minimum absolute atomic E-state index is 0.0715. The molecule has 3 aromatic carbocycles. The number of carbonyl (C=O) groups excluding carboxylic acids is 1. The molecule has 3 N–H and O–H groups in total. The summed E-state index contributed by atoms with van der Waals surface area (Å²) in [5, 5.41) is 12.7. The molecule has 1 heterocycles. The van der Waals surface area contributed by atoms with E-state index < -0.39 is 0 Å². The Morgan fingerprint density at radius 1 is 1.06 bits per heavy atom. The van der Waals surface area contributed by atoms with E-state index in [2.05, 4.69) is 10.3 Å². The fourth-order valence-electron chi connectivity index (χ4n) is 3.37. The van der Waals surface area contributed by atoms with Crippen LogP contribution in [-0.4, -0.2) is 30.3 Å². The number of benzene rings is 3. The van der Waals surface area contributed by atoms with Crippen molar-refractivity contribution >= 4 is 28.7 Å². The zero-order valence-electron chi connectivity index (χ0n) is 18.2. The van der Waals surface area contributed by atoms with Crippen LogP contribution >= 0.6 is 11.3 Å².